The maximum atomic E-state index is 5.48. The highest BCUT2D eigenvalue weighted by Gasteiger charge is 2.17. The van der Waals surface area contributed by atoms with E-state index in [2.05, 4.69) is 47.7 Å². The Kier molecular flexibility index (Phi) is 7.98. The smallest absolute Gasteiger partial charge is 0.191 e. The van der Waals surface area contributed by atoms with Crippen LogP contribution in [0.2, 0.25) is 0 Å². The lowest BCUT2D eigenvalue weighted by atomic mass is 10.0. The number of hydrogen-bond acceptors (Lipinski definition) is 6. The summed E-state index contributed by atoms with van der Waals surface area (Å²) in [7, 11) is 4.99. The van der Waals surface area contributed by atoms with Crippen LogP contribution in [0.5, 0.6) is 11.5 Å². The van der Waals surface area contributed by atoms with Gasteiger partial charge in [0.2, 0.25) is 0 Å². The Balaban J connectivity index is 1.92. The van der Waals surface area contributed by atoms with E-state index < -0.39 is 0 Å². The van der Waals surface area contributed by atoms with E-state index in [1.165, 1.54) is 22.3 Å². The maximum Gasteiger partial charge on any atom is 0.191 e. The molecule has 0 N–H and O–H groups in total. The fraction of sp³-hybridized carbons (Fsp3) is 0.417. The third-order valence-electron chi connectivity index (χ3n) is 5.27. The van der Waals surface area contributed by atoms with E-state index in [1.807, 2.05) is 18.2 Å². The van der Waals surface area contributed by atoms with Crippen molar-refractivity contribution in [3.63, 3.8) is 0 Å². The SMILES string of the molecule is COCCCn1c(SCc2c(C)cc(C)cc2C)nnc1-c1ccc(OC)c(OC)c1. The number of methoxy groups -OCH3 is 3. The zero-order chi connectivity index (χ0) is 22.4. The highest BCUT2D eigenvalue weighted by molar-refractivity contribution is 7.98. The van der Waals surface area contributed by atoms with Crippen LogP contribution in [-0.2, 0) is 17.0 Å². The largest absolute Gasteiger partial charge is 0.493 e. The molecule has 0 saturated heterocycles. The fourth-order valence-corrected chi connectivity index (χ4v) is 4.89. The van der Waals surface area contributed by atoms with Crippen molar-refractivity contribution in [3.05, 3.63) is 52.6 Å². The quantitative estimate of drug-likeness (QED) is 0.318. The first-order valence-corrected chi connectivity index (χ1v) is 11.3. The molecule has 1 heterocycles. The molecule has 2 aromatic carbocycles. The first-order valence-electron chi connectivity index (χ1n) is 10.3. The molecule has 7 heteroatoms. The van der Waals surface area contributed by atoms with Crippen molar-refractivity contribution in [2.45, 2.75) is 44.6 Å². The zero-order valence-electron chi connectivity index (χ0n) is 19.2. The molecular formula is C24H31N3O3S. The molecule has 0 unspecified atom stereocenters. The zero-order valence-corrected chi connectivity index (χ0v) is 20.0. The lowest BCUT2D eigenvalue weighted by Crippen LogP contribution is -2.06. The van der Waals surface area contributed by atoms with Gasteiger partial charge in [-0.25, -0.2) is 0 Å². The van der Waals surface area contributed by atoms with Crippen LogP contribution in [0.1, 0.15) is 28.7 Å². The highest BCUT2D eigenvalue weighted by Crippen LogP contribution is 2.34. The van der Waals surface area contributed by atoms with Gasteiger partial charge in [-0.15, -0.1) is 10.2 Å². The second-order valence-corrected chi connectivity index (χ2v) is 8.48. The molecule has 0 bridgehead atoms. The number of rotatable bonds is 10. The van der Waals surface area contributed by atoms with Gasteiger partial charge < -0.3 is 18.8 Å². The summed E-state index contributed by atoms with van der Waals surface area (Å²) in [5, 5.41) is 9.95. The van der Waals surface area contributed by atoms with Crippen molar-refractivity contribution in [2.24, 2.45) is 0 Å². The number of benzene rings is 2. The summed E-state index contributed by atoms with van der Waals surface area (Å²) in [4.78, 5) is 0. The van der Waals surface area contributed by atoms with Crippen LogP contribution in [0.4, 0.5) is 0 Å². The van der Waals surface area contributed by atoms with Gasteiger partial charge in [-0.3, -0.25) is 0 Å². The molecule has 166 valence electrons. The molecule has 0 aliphatic heterocycles. The van der Waals surface area contributed by atoms with Crippen molar-refractivity contribution in [1.29, 1.82) is 0 Å². The van der Waals surface area contributed by atoms with Crippen LogP contribution in [0, 0.1) is 20.8 Å². The highest BCUT2D eigenvalue weighted by atomic mass is 32.2. The van der Waals surface area contributed by atoms with Gasteiger partial charge in [0.05, 0.1) is 14.2 Å². The van der Waals surface area contributed by atoms with E-state index in [9.17, 15) is 0 Å². The molecule has 6 nitrogen and oxygen atoms in total. The lowest BCUT2D eigenvalue weighted by molar-refractivity contribution is 0.189. The topological polar surface area (TPSA) is 58.4 Å². The van der Waals surface area contributed by atoms with E-state index in [0.29, 0.717) is 18.1 Å². The van der Waals surface area contributed by atoms with Gasteiger partial charge in [-0.1, -0.05) is 29.5 Å². The average molecular weight is 442 g/mol. The van der Waals surface area contributed by atoms with E-state index in [4.69, 9.17) is 14.2 Å². The van der Waals surface area contributed by atoms with Crippen LogP contribution in [0.3, 0.4) is 0 Å². The lowest BCUT2D eigenvalue weighted by Gasteiger charge is -2.13. The first kappa shape index (κ1) is 23.2. The molecule has 1 aromatic heterocycles. The third-order valence-corrected chi connectivity index (χ3v) is 6.27. The first-order chi connectivity index (χ1) is 15.0. The molecule has 0 aliphatic rings. The molecule has 0 amide bonds. The number of hydrogen-bond donors (Lipinski definition) is 0. The van der Waals surface area contributed by atoms with Crippen molar-refractivity contribution in [1.82, 2.24) is 14.8 Å². The number of thioether (sulfide) groups is 1. The van der Waals surface area contributed by atoms with Crippen LogP contribution >= 0.6 is 11.8 Å². The van der Waals surface area contributed by atoms with Gasteiger partial charge >= 0.3 is 0 Å². The normalized spacial score (nSPS) is 11.0. The van der Waals surface area contributed by atoms with Crippen LogP contribution in [0.15, 0.2) is 35.5 Å². The van der Waals surface area contributed by atoms with Gasteiger partial charge in [0, 0.05) is 31.6 Å². The summed E-state index contributed by atoms with van der Waals surface area (Å²) in [6.07, 6.45) is 0.880. The summed E-state index contributed by atoms with van der Waals surface area (Å²) in [6.45, 7) is 7.95. The van der Waals surface area contributed by atoms with Crippen LogP contribution in [-0.4, -0.2) is 42.7 Å². The minimum atomic E-state index is 0.673. The number of nitrogens with zero attached hydrogens (tertiary/aromatic N) is 3. The summed E-state index contributed by atoms with van der Waals surface area (Å²) >= 11 is 1.72. The Morgan fingerprint density at radius 1 is 0.903 bits per heavy atom. The van der Waals surface area contributed by atoms with Gasteiger partial charge in [-0.05, 0) is 62.1 Å². The molecule has 0 aliphatic carbocycles. The molecule has 31 heavy (non-hydrogen) atoms. The summed E-state index contributed by atoms with van der Waals surface area (Å²) in [6, 6.07) is 10.3. The Morgan fingerprint density at radius 3 is 2.26 bits per heavy atom. The van der Waals surface area contributed by atoms with E-state index in [0.717, 1.165) is 35.3 Å². The van der Waals surface area contributed by atoms with Gasteiger partial charge in [0.25, 0.3) is 0 Å². The second-order valence-electron chi connectivity index (χ2n) is 7.54. The fourth-order valence-electron chi connectivity index (χ4n) is 3.73. The van der Waals surface area contributed by atoms with E-state index in [1.54, 1.807) is 33.1 Å². The van der Waals surface area contributed by atoms with Gasteiger partial charge in [0.15, 0.2) is 22.5 Å². The van der Waals surface area contributed by atoms with Gasteiger partial charge in [-0.2, -0.15) is 0 Å². The Labute approximate surface area is 188 Å². The molecule has 0 radical (unpaired) electrons. The molecule has 0 atom stereocenters. The predicted molar refractivity (Wildman–Crippen MR) is 125 cm³/mol. The van der Waals surface area contributed by atoms with Crippen molar-refractivity contribution in [3.8, 4) is 22.9 Å². The predicted octanol–water partition coefficient (Wildman–Crippen LogP) is 5.22. The number of ether oxygens (including phenoxy) is 3. The van der Waals surface area contributed by atoms with Gasteiger partial charge in [0.1, 0.15) is 0 Å². The molecule has 0 saturated carbocycles. The van der Waals surface area contributed by atoms with E-state index in [-0.39, 0.29) is 0 Å². The molecule has 0 spiro atoms. The third kappa shape index (κ3) is 5.40. The molecule has 3 aromatic rings. The van der Waals surface area contributed by atoms with E-state index >= 15 is 0 Å². The standard InChI is InChI=1S/C24H31N3O3S/c1-16-12-17(2)20(18(3)13-16)15-31-24-26-25-23(27(24)10-7-11-28-4)19-8-9-21(29-5)22(14-19)30-6/h8-9,12-14H,7,10-11,15H2,1-6H3. The summed E-state index contributed by atoms with van der Waals surface area (Å²) < 4.78 is 18.3. The van der Waals surface area contributed by atoms with Crippen molar-refractivity contribution >= 4 is 11.8 Å². The molecule has 3 rings (SSSR count). The summed E-state index contributed by atoms with van der Waals surface area (Å²) in [5.74, 6) is 3.03. The van der Waals surface area contributed by atoms with Crippen molar-refractivity contribution < 1.29 is 14.2 Å². The molecular weight excluding hydrogens is 410 g/mol. The summed E-state index contributed by atoms with van der Waals surface area (Å²) in [5.41, 5.74) is 6.22. The number of aromatic nitrogens is 3. The second kappa shape index (κ2) is 10.7. The van der Waals surface area contributed by atoms with Crippen LogP contribution < -0.4 is 9.47 Å². The van der Waals surface area contributed by atoms with Crippen LogP contribution in [0.25, 0.3) is 11.4 Å². The molecule has 0 fully saturated rings. The maximum absolute atomic E-state index is 5.48. The average Bonchev–Trinajstić information content (AvgIpc) is 3.15. The number of aryl methyl sites for hydroxylation is 3. The van der Waals surface area contributed by atoms with Crippen molar-refractivity contribution in [2.75, 3.05) is 27.9 Å². The minimum Gasteiger partial charge on any atom is -0.493 e. The Morgan fingerprint density at radius 2 is 1.61 bits per heavy atom. The Hall–Kier alpha value is -2.51. The monoisotopic (exact) mass is 441 g/mol. The Bertz CT molecular complexity index is 1010. The minimum absolute atomic E-state index is 0.673.